The molecule has 10 heteroatoms. The number of fused-ring (bicyclic) bond motifs is 1. The summed E-state index contributed by atoms with van der Waals surface area (Å²) in [6.45, 7) is 3.32. The third kappa shape index (κ3) is 5.57. The molecule has 3 heterocycles. The molecule has 1 atom stereocenters. The molecule has 1 saturated heterocycles. The van der Waals surface area contributed by atoms with Gasteiger partial charge in [-0.25, -0.2) is 4.98 Å². The smallest absolute Gasteiger partial charge is 0.294 e. The normalized spacial score (nSPS) is 16.6. The summed E-state index contributed by atoms with van der Waals surface area (Å²) in [6.07, 6.45) is 6.17. The van der Waals surface area contributed by atoms with Crippen LogP contribution in [0.3, 0.4) is 0 Å². The summed E-state index contributed by atoms with van der Waals surface area (Å²) in [5, 5.41) is 19.3. The Labute approximate surface area is 190 Å². The third-order valence-corrected chi connectivity index (χ3v) is 6.15. The average Bonchev–Trinajstić information content (AvgIpc) is 3.17. The van der Waals surface area contributed by atoms with Crippen LogP contribution in [0.4, 0.5) is 5.82 Å². The third-order valence-electron chi connectivity index (χ3n) is 5.61. The Bertz CT molecular complexity index is 1080. The molecule has 2 aromatic heterocycles. The predicted octanol–water partition coefficient (Wildman–Crippen LogP) is 3.16. The molecule has 0 radical (unpaired) electrons. The molecule has 1 aliphatic heterocycles. The van der Waals surface area contributed by atoms with Crippen LogP contribution in [0.5, 0.6) is 0 Å². The summed E-state index contributed by atoms with van der Waals surface area (Å²) in [5.74, 6) is 0.341. The van der Waals surface area contributed by atoms with Gasteiger partial charge in [-0.15, -0.1) is 0 Å². The first-order chi connectivity index (χ1) is 15.1. The zero-order chi connectivity index (χ0) is 21.6. The van der Waals surface area contributed by atoms with Gasteiger partial charge < -0.3 is 16.0 Å². The summed E-state index contributed by atoms with van der Waals surface area (Å²) < 4.78 is 1.53. The van der Waals surface area contributed by atoms with E-state index < -0.39 is 0 Å². The topological polar surface area (TPSA) is 99.7 Å². The van der Waals surface area contributed by atoms with Crippen LogP contribution in [0.1, 0.15) is 31.4 Å². The number of halogens is 2. The highest BCUT2D eigenvalue weighted by atomic mass is 35.5. The van der Waals surface area contributed by atoms with Crippen LogP contribution in [0.25, 0.3) is 10.9 Å². The number of anilines is 1. The SMILES string of the molecule is O=c1c(NCCC2CCCCN2)ncc(Cl)n1CCNCc1n[nH]c2ccc(Cl)cc12. The Balaban J connectivity index is 1.30. The van der Waals surface area contributed by atoms with E-state index in [9.17, 15) is 4.79 Å². The Kier molecular flexibility index (Phi) is 7.45. The first-order valence-electron chi connectivity index (χ1n) is 10.7. The van der Waals surface area contributed by atoms with E-state index in [1.807, 2.05) is 18.2 Å². The molecule has 8 nitrogen and oxygen atoms in total. The lowest BCUT2D eigenvalue weighted by molar-refractivity contribution is 0.388. The largest absolute Gasteiger partial charge is 0.365 e. The summed E-state index contributed by atoms with van der Waals surface area (Å²) in [4.78, 5) is 17.0. The maximum Gasteiger partial charge on any atom is 0.294 e. The number of hydrogen-bond acceptors (Lipinski definition) is 6. The minimum absolute atomic E-state index is 0.206. The van der Waals surface area contributed by atoms with Gasteiger partial charge in [-0.1, -0.05) is 29.6 Å². The molecule has 1 fully saturated rings. The highest BCUT2D eigenvalue weighted by Crippen LogP contribution is 2.20. The zero-order valence-electron chi connectivity index (χ0n) is 17.3. The number of hydrogen-bond donors (Lipinski definition) is 4. The molecule has 1 aliphatic rings. The second-order valence-electron chi connectivity index (χ2n) is 7.79. The lowest BCUT2D eigenvalue weighted by atomic mass is 10.0. The van der Waals surface area contributed by atoms with Crippen LogP contribution in [-0.2, 0) is 13.1 Å². The molecule has 3 aromatic rings. The fourth-order valence-electron chi connectivity index (χ4n) is 3.91. The van der Waals surface area contributed by atoms with E-state index in [2.05, 4.69) is 31.1 Å². The van der Waals surface area contributed by atoms with Crippen LogP contribution >= 0.6 is 23.2 Å². The number of H-pyrrole nitrogens is 1. The molecule has 0 bridgehead atoms. The fourth-order valence-corrected chi connectivity index (χ4v) is 4.29. The van der Waals surface area contributed by atoms with Crippen molar-refractivity contribution in [2.24, 2.45) is 0 Å². The van der Waals surface area contributed by atoms with Gasteiger partial charge in [-0.05, 0) is 44.0 Å². The van der Waals surface area contributed by atoms with Crippen LogP contribution < -0.4 is 21.5 Å². The number of aromatic nitrogens is 4. The monoisotopic (exact) mass is 463 g/mol. The lowest BCUT2D eigenvalue weighted by Gasteiger charge is -2.23. The van der Waals surface area contributed by atoms with E-state index in [1.165, 1.54) is 30.0 Å². The van der Waals surface area contributed by atoms with Crippen molar-refractivity contribution in [1.82, 2.24) is 30.4 Å². The lowest BCUT2D eigenvalue weighted by Crippen LogP contribution is -2.36. The highest BCUT2D eigenvalue weighted by molar-refractivity contribution is 6.31. The van der Waals surface area contributed by atoms with Crippen molar-refractivity contribution in [3.8, 4) is 0 Å². The van der Waals surface area contributed by atoms with Gasteiger partial charge in [0, 0.05) is 42.6 Å². The van der Waals surface area contributed by atoms with Crippen molar-refractivity contribution < 1.29 is 0 Å². The maximum absolute atomic E-state index is 12.8. The zero-order valence-corrected chi connectivity index (χ0v) is 18.8. The van der Waals surface area contributed by atoms with Crippen LogP contribution in [0, 0.1) is 0 Å². The minimum Gasteiger partial charge on any atom is -0.365 e. The number of piperidine rings is 1. The Hall–Kier alpha value is -2.13. The highest BCUT2D eigenvalue weighted by Gasteiger charge is 2.13. The summed E-state index contributed by atoms with van der Waals surface area (Å²) >= 11 is 12.3. The first kappa shape index (κ1) is 22.1. The van der Waals surface area contributed by atoms with Crippen molar-refractivity contribution in [3.05, 3.63) is 50.6 Å². The van der Waals surface area contributed by atoms with Crippen molar-refractivity contribution in [3.63, 3.8) is 0 Å². The van der Waals surface area contributed by atoms with Gasteiger partial charge >= 0.3 is 0 Å². The number of rotatable bonds is 9. The molecule has 1 aromatic carbocycles. The molecule has 1 unspecified atom stereocenters. The van der Waals surface area contributed by atoms with Gasteiger partial charge in [-0.3, -0.25) is 14.5 Å². The number of nitrogens with one attached hydrogen (secondary N) is 4. The molecular formula is C21H27Cl2N7O. The molecule has 166 valence electrons. The van der Waals surface area contributed by atoms with Gasteiger partial charge in [-0.2, -0.15) is 5.10 Å². The molecule has 0 amide bonds. The van der Waals surface area contributed by atoms with Gasteiger partial charge in [0.1, 0.15) is 5.15 Å². The van der Waals surface area contributed by atoms with E-state index >= 15 is 0 Å². The Morgan fingerprint density at radius 1 is 1.23 bits per heavy atom. The van der Waals surface area contributed by atoms with E-state index in [4.69, 9.17) is 23.2 Å². The van der Waals surface area contributed by atoms with Crippen molar-refractivity contribution in [1.29, 1.82) is 0 Å². The predicted molar refractivity (Wildman–Crippen MR) is 125 cm³/mol. The van der Waals surface area contributed by atoms with Gasteiger partial charge in [0.15, 0.2) is 5.82 Å². The van der Waals surface area contributed by atoms with Crippen LogP contribution in [0.15, 0.2) is 29.2 Å². The van der Waals surface area contributed by atoms with Gasteiger partial charge in [0.05, 0.1) is 17.4 Å². The quantitative estimate of drug-likeness (QED) is 0.363. The van der Waals surface area contributed by atoms with E-state index in [1.54, 1.807) is 0 Å². The van der Waals surface area contributed by atoms with E-state index in [0.717, 1.165) is 29.6 Å². The molecular weight excluding hydrogens is 437 g/mol. The molecule has 0 spiro atoms. The van der Waals surface area contributed by atoms with E-state index in [0.29, 0.717) is 48.2 Å². The molecule has 31 heavy (non-hydrogen) atoms. The summed E-state index contributed by atoms with van der Waals surface area (Å²) in [5.41, 5.74) is 1.61. The minimum atomic E-state index is -0.206. The standard InChI is InChI=1S/C21H27Cl2N7O/c22-14-4-5-17-16(11-14)18(29-28-17)12-24-9-10-30-19(23)13-27-20(21(30)31)26-8-6-15-3-1-2-7-25-15/h4-5,11,13,15,24-25H,1-3,6-10,12H2,(H,26,27)(H,28,29). The number of aromatic amines is 1. The number of benzene rings is 1. The summed E-state index contributed by atoms with van der Waals surface area (Å²) in [7, 11) is 0. The first-order valence-corrected chi connectivity index (χ1v) is 11.4. The van der Waals surface area contributed by atoms with Crippen molar-refractivity contribution >= 4 is 39.9 Å². The average molecular weight is 464 g/mol. The van der Waals surface area contributed by atoms with Gasteiger partial charge in [0.25, 0.3) is 5.56 Å². The Morgan fingerprint density at radius 2 is 2.13 bits per heavy atom. The molecule has 0 aliphatic carbocycles. The second-order valence-corrected chi connectivity index (χ2v) is 8.61. The molecule has 4 rings (SSSR count). The van der Waals surface area contributed by atoms with Gasteiger partial charge in [0.2, 0.25) is 0 Å². The fraction of sp³-hybridized carbons (Fsp3) is 0.476. The summed E-state index contributed by atoms with van der Waals surface area (Å²) in [6, 6.07) is 6.13. The molecule has 0 saturated carbocycles. The van der Waals surface area contributed by atoms with E-state index in [-0.39, 0.29) is 5.56 Å². The maximum atomic E-state index is 12.8. The second kappa shape index (κ2) is 10.5. The van der Waals surface area contributed by atoms with Crippen molar-refractivity contribution in [2.45, 2.75) is 44.8 Å². The molecule has 4 N–H and O–H groups in total. The van der Waals surface area contributed by atoms with Crippen molar-refractivity contribution in [2.75, 3.05) is 25.0 Å². The van der Waals surface area contributed by atoms with Crippen LogP contribution in [0.2, 0.25) is 10.2 Å². The number of nitrogens with zero attached hydrogens (tertiary/aromatic N) is 3. The van der Waals surface area contributed by atoms with Crippen LogP contribution in [-0.4, -0.2) is 45.4 Å². The Morgan fingerprint density at radius 3 is 2.97 bits per heavy atom.